The summed E-state index contributed by atoms with van der Waals surface area (Å²) in [5, 5.41) is 13.3. The van der Waals surface area contributed by atoms with Gasteiger partial charge in [0.15, 0.2) is 0 Å². The van der Waals surface area contributed by atoms with E-state index in [0.29, 0.717) is 17.3 Å². The smallest absolute Gasteiger partial charge is 0.227 e. The molecule has 7 heteroatoms. The summed E-state index contributed by atoms with van der Waals surface area (Å²) in [6.07, 6.45) is -0.691. The third-order valence-corrected chi connectivity index (χ3v) is 4.58. The lowest BCUT2D eigenvalue weighted by molar-refractivity contribution is -0.126. The minimum Gasteiger partial charge on any atom is -0.491 e. The van der Waals surface area contributed by atoms with E-state index in [2.05, 4.69) is 5.32 Å². The van der Waals surface area contributed by atoms with Crippen molar-refractivity contribution in [2.24, 2.45) is 5.92 Å². The fourth-order valence-electron chi connectivity index (χ4n) is 2.88. The predicted octanol–water partition coefficient (Wildman–Crippen LogP) is 2.25. The Bertz CT molecular complexity index is 782. The minimum absolute atomic E-state index is 0.0668. The molecule has 2 amide bonds. The fourth-order valence-corrected chi connectivity index (χ4v) is 3.01. The highest BCUT2D eigenvalue weighted by Gasteiger charge is 2.35. The summed E-state index contributed by atoms with van der Waals surface area (Å²) in [6, 6.07) is 16.1. The number of anilines is 1. The Hall–Kier alpha value is -2.57. The monoisotopic (exact) mass is 388 g/mol. The van der Waals surface area contributed by atoms with Crippen LogP contribution in [0.5, 0.6) is 5.75 Å². The molecule has 2 aromatic rings. The summed E-state index contributed by atoms with van der Waals surface area (Å²) in [4.78, 5) is 26.1. The maximum Gasteiger partial charge on any atom is 0.227 e. The number of rotatable bonds is 7. The molecule has 1 aliphatic heterocycles. The van der Waals surface area contributed by atoms with E-state index in [1.165, 1.54) is 0 Å². The lowest BCUT2D eigenvalue weighted by atomic mass is 10.1. The van der Waals surface area contributed by atoms with Gasteiger partial charge in [-0.15, -0.1) is 0 Å². The molecular formula is C20H21ClN2O4. The molecule has 27 heavy (non-hydrogen) atoms. The average Bonchev–Trinajstić information content (AvgIpc) is 3.07. The summed E-state index contributed by atoms with van der Waals surface area (Å²) in [6.45, 7) is 0.449. The van der Waals surface area contributed by atoms with Crippen LogP contribution >= 0.6 is 11.6 Å². The lowest BCUT2D eigenvalue weighted by Crippen LogP contribution is -2.39. The van der Waals surface area contributed by atoms with Crippen LogP contribution in [0.4, 0.5) is 5.69 Å². The number of hydrogen-bond donors (Lipinski definition) is 2. The molecule has 0 unspecified atom stereocenters. The van der Waals surface area contributed by atoms with Gasteiger partial charge in [0, 0.05) is 30.2 Å². The average molecular weight is 389 g/mol. The summed E-state index contributed by atoms with van der Waals surface area (Å²) in [5.41, 5.74) is 0.719. The maximum absolute atomic E-state index is 12.3. The summed E-state index contributed by atoms with van der Waals surface area (Å²) in [7, 11) is 0. The normalized spacial score (nSPS) is 17.6. The lowest BCUT2D eigenvalue weighted by Gasteiger charge is -2.17. The van der Waals surface area contributed by atoms with E-state index >= 15 is 0 Å². The van der Waals surface area contributed by atoms with Crippen LogP contribution in [0.15, 0.2) is 54.6 Å². The molecule has 142 valence electrons. The highest BCUT2D eigenvalue weighted by molar-refractivity contribution is 6.30. The van der Waals surface area contributed by atoms with Crippen molar-refractivity contribution in [3.8, 4) is 5.75 Å². The van der Waals surface area contributed by atoms with E-state index in [9.17, 15) is 14.7 Å². The Morgan fingerprint density at radius 3 is 2.63 bits per heavy atom. The summed E-state index contributed by atoms with van der Waals surface area (Å²) < 4.78 is 5.45. The van der Waals surface area contributed by atoms with Crippen LogP contribution in [0, 0.1) is 5.92 Å². The van der Waals surface area contributed by atoms with Gasteiger partial charge in [0.1, 0.15) is 18.5 Å². The van der Waals surface area contributed by atoms with Crippen molar-refractivity contribution in [3.63, 3.8) is 0 Å². The number of ether oxygens (including phenoxy) is 1. The number of nitrogens with zero attached hydrogens (tertiary/aromatic N) is 1. The zero-order valence-corrected chi connectivity index (χ0v) is 15.4. The number of aliphatic hydroxyl groups is 1. The van der Waals surface area contributed by atoms with Crippen LogP contribution < -0.4 is 15.0 Å². The Labute approximate surface area is 162 Å². The van der Waals surface area contributed by atoms with Crippen LogP contribution in [0.25, 0.3) is 0 Å². The highest BCUT2D eigenvalue weighted by Crippen LogP contribution is 2.26. The zero-order valence-electron chi connectivity index (χ0n) is 14.7. The van der Waals surface area contributed by atoms with E-state index in [-0.39, 0.29) is 31.4 Å². The van der Waals surface area contributed by atoms with Gasteiger partial charge in [0.25, 0.3) is 0 Å². The fraction of sp³-hybridized carbons (Fsp3) is 0.300. The third kappa shape index (κ3) is 5.21. The molecule has 6 nitrogen and oxygen atoms in total. The molecule has 0 aliphatic carbocycles. The molecule has 3 rings (SSSR count). The van der Waals surface area contributed by atoms with Gasteiger partial charge >= 0.3 is 0 Å². The molecule has 1 saturated heterocycles. The van der Waals surface area contributed by atoms with Crippen LogP contribution in [-0.4, -0.2) is 42.7 Å². The van der Waals surface area contributed by atoms with Crippen molar-refractivity contribution < 1.29 is 19.4 Å². The number of carbonyl (C=O) groups excluding carboxylic acids is 2. The van der Waals surface area contributed by atoms with Crippen molar-refractivity contribution in [2.75, 3.05) is 24.6 Å². The van der Waals surface area contributed by atoms with E-state index in [0.717, 1.165) is 5.69 Å². The van der Waals surface area contributed by atoms with Crippen LogP contribution in [0.2, 0.25) is 5.02 Å². The van der Waals surface area contributed by atoms with Gasteiger partial charge < -0.3 is 20.1 Å². The van der Waals surface area contributed by atoms with E-state index in [1.54, 1.807) is 41.3 Å². The van der Waals surface area contributed by atoms with Gasteiger partial charge in [-0.1, -0.05) is 29.8 Å². The first kappa shape index (κ1) is 19.2. The second-order valence-electron chi connectivity index (χ2n) is 6.40. The molecule has 1 fully saturated rings. The molecule has 0 saturated carbocycles. The number of amides is 2. The van der Waals surface area contributed by atoms with Gasteiger partial charge in [-0.05, 0) is 36.4 Å². The first-order valence-electron chi connectivity index (χ1n) is 8.72. The highest BCUT2D eigenvalue weighted by atomic mass is 35.5. The molecule has 2 N–H and O–H groups in total. The SMILES string of the molecule is O=C(NC[C@H](O)COc1ccccc1)[C@@H]1CC(=O)N(c2ccc(Cl)cc2)C1. The van der Waals surface area contributed by atoms with Crippen molar-refractivity contribution in [1.29, 1.82) is 0 Å². The Morgan fingerprint density at radius 2 is 1.93 bits per heavy atom. The van der Waals surface area contributed by atoms with Crippen LogP contribution in [0.3, 0.4) is 0 Å². The predicted molar refractivity (Wildman–Crippen MR) is 103 cm³/mol. The number of nitrogens with one attached hydrogen (secondary N) is 1. The number of hydrogen-bond acceptors (Lipinski definition) is 4. The topological polar surface area (TPSA) is 78.9 Å². The Kier molecular flexibility index (Phi) is 6.32. The maximum atomic E-state index is 12.3. The Morgan fingerprint density at radius 1 is 1.22 bits per heavy atom. The van der Waals surface area contributed by atoms with Crippen molar-refractivity contribution in [3.05, 3.63) is 59.6 Å². The second kappa shape index (κ2) is 8.88. The summed E-state index contributed by atoms with van der Waals surface area (Å²) in [5.74, 6) is -0.151. The van der Waals surface area contributed by atoms with Gasteiger partial charge in [-0.25, -0.2) is 0 Å². The van der Waals surface area contributed by atoms with E-state index in [4.69, 9.17) is 16.3 Å². The largest absolute Gasteiger partial charge is 0.491 e. The number of halogens is 1. The minimum atomic E-state index is -0.835. The molecule has 2 aromatic carbocycles. The molecule has 0 spiro atoms. The number of para-hydroxylation sites is 1. The van der Waals surface area contributed by atoms with Crippen molar-refractivity contribution in [2.45, 2.75) is 12.5 Å². The summed E-state index contributed by atoms with van der Waals surface area (Å²) >= 11 is 5.87. The number of benzene rings is 2. The van der Waals surface area contributed by atoms with Crippen molar-refractivity contribution in [1.82, 2.24) is 5.32 Å². The Balaban J connectivity index is 1.45. The molecule has 1 heterocycles. The first-order valence-corrected chi connectivity index (χ1v) is 9.10. The molecule has 0 radical (unpaired) electrons. The molecule has 2 atom stereocenters. The molecular weight excluding hydrogens is 368 g/mol. The molecule has 0 aromatic heterocycles. The number of carbonyl (C=O) groups is 2. The second-order valence-corrected chi connectivity index (χ2v) is 6.84. The van der Waals surface area contributed by atoms with Crippen LogP contribution in [-0.2, 0) is 9.59 Å². The van der Waals surface area contributed by atoms with Gasteiger partial charge in [-0.2, -0.15) is 0 Å². The standard InChI is InChI=1S/C20H21ClN2O4/c21-15-6-8-16(9-7-15)23-12-14(10-19(23)25)20(26)22-11-17(24)13-27-18-4-2-1-3-5-18/h1-9,14,17,24H,10-13H2,(H,22,26)/t14-,17+/m1/s1. The van der Waals surface area contributed by atoms with Gasteiger partial charge in [-0.3, -0.25) is 9.59 Å². The number of aliphatic hydroxyl groups excluding tert-OH is 1. The van der Waals surface area contributed by atoms with Gasteiger partial charge in [0.2, 0.25) is 11.8 Å². The zero-order chi connectivity index (χ0) is 19.2. The van der Waals surface area contributed by atoms with Crippen molar-refractivity contribution >= 4 is 29.1 Å². The van der Waals surface area contributed by atoms with Gasteiger partial charge in [0.05, 0.1) is 5.92 Å². The molecule has 1 aliphatic rings. The van der Waals surface area contributed by atoms with E-state index in [1.807, 2.05) is 18.2 Å². The third-order valence-electron chi connectivity index (χ3n) is 4.33. The quantitative estimate of drug-likeness (QED) is 0.762. The molecule has 0 bridgehead atoms. The first-order chi connectivity index (χ1) is 13.0. The van der Waals surface area contributed by atoms with Crippen LogP contribution in [0.1, 0.15) is 6.42 Å². The van der Waals surface area contributed by atoms with E-state index < -0.39 is 12.0 Å².